The number of rotatable bonds is 2. The second kappa shape index (κ2) is 3.53. The van der Waals surface area contributed by atoms with Gasteiger partial charge in [0.1, 0.15) is 22.3 Å². The Balaban J connectivity index is 3.05. The van der Waals surface area contributed by atoms with E-state index in [1.54, 1.807) is 0 Å². The van der Waals surface area contributed by atoms with E-state index < -0.39 is 16.5 Å². The minimum atomic E-state index is -2.66. The summed E-state index contributed by atoms with van der Waals surface area (Å²) in [6.07, 6.45) is 0. The molecule has 0 aliphatic rings. The average Bonchev–Trinajstić information content (AvgIpc) is 1.96. The highest BCUT2D eigenvalue weighted by atomic mass is 32.2. The summed E-state index contributed by atoms with van der Waals surface area (Å²) in [6, 6.07) is 3.29. The van der Waals surface area contributed by atoms with Crippen molar-refractivity contribution in [2.45, 2.75) is 5.75 Å². The second-order valence-corrected chi connectivity index (χ2v) is 3.25. The number of benzene rings is 1. The Morgan fingerprint density at radius 2 is 2.08 bits per heavy atom. The van der Waals surface area contributed by atoms with Gasteiger partial charge in [-0.25, -0.2) is 12.8 Å². The molecule has 1 rings (SSSR count). The normalized spacial score (nSPS) is 10.5. The molecule has 12 heavy (non-hydrogen) atoms. The summed E-state index contributed by atoms with van der Waals surface area (Å²) in [5.41, 5.74) is -0.00823. The smallest absolute Gasteiger partial charge is 0.144 e. The lowest BCUT2D eigenvalue weighted by atomic mass is 10.2. The standard InChI is InChI=1S/C7H7FO3S/c8-7-2-1-6(9)3-5(7)4-12(10)11/h1-3,9,12H,4H2. The lowest BCUT2D eigenvalue weighted by Gasteiger charge is -1.98. The Kier molecular flexibility index (Phi) is 2.65. The van der Waals surface area contributed by atoms with Gasteiger partial charge in [0.15, 0.2) is 0 Å². The lowest BCUT2D eigenvalue weighted by molar-refractivity contribution is 0.472. The Labute approximate surface area is 70.4 Å². The number of halogens is 1. The van der Waals surface area contributed by atoms with Gasteiger partial charge in [-0.05, 0) is 18.2 Å². The molecular weight excluding hydrogens is 183 g/mol. The average molecular weight is 190 g/mol. The van der Waals surface area contributed by atoms with Crippen molar-refractivity contribution in [2.24, 2.45) is 0 Å². The molecule has 0 saturated carbocycles. The number of hydrogen-bond donors (Lipinski definition) is 2. The van der Waals surface area contributed by atoms with Gasteiger partial charge >= 0.3 is 0 Å². The maximum atomic E-state index is 12.8. The molecule has 5 heteroatoms. The molecule has 0 unspecified atom stereocenters. The van der Waals surface area contributed by atoms with Crippen molar-refractivity contribution in [1.29, 1.82) is 0 Å². The fourth-order valence-electron chi connectivity index (χ4n) is 0.821. The van der Waals surface area contributed by atoms with Crippen molar-refractivity contribution >= 4 is 10.7 Å². The third-order valence-electron chi connectivity index (χ3n) is 1.33. The molecule has 0 fully saturated rings. The Hall–Kier alpha value is -1.10. The van der Waals surface area contributed by atoms with Crippen LogP contribution in [0, 0.1) is 5.82 Å². The molecule has 0 radical (unpaired) electrons. The van der Waals surface area contributed by atoms with Crippen LogP contribution < -0.4 is 0 Å². The molecule has 1 aromatic rings. The quantitative estimate of drug-likeness (QED) is 0.673. The molecule has 0 saturated heterocycles. The van der Waals surface area contributed by atoms with Crippen LogP contribution in [0.3, 0.4) is 0 Å². The molecule has 0 aliphatic heterocycles. The highest BCUT2D eigenvalue weighted by molar-refractivity contribution is 7.71. The van der Waals surface area contributed by atoms with E-state index in [0.29, 0.717) is 0 Å². The van der Waals surface area contributed by atoms with Crippen LogP contribution in [0.2, 0.25) is 0 Å². The fraction of sp³-hybridized carbons (Fsp3) is 0.143. The number of hydrogen-bond acceptors (Lipinski definition) is 3. The molecule has 0 atom stereocenters. The van der Waals surface area contributed by atoms with Gasteiger partial charge < -0.3 is 5.11 Å². The van der Waals surface area contributed by atoms with Crippen LogP contribution in [-0.4, -0.2) is 13.5 Å². The summed E-state index contributed by atoms with van der Waals surface area (Å²) >= 11 is 0. The minimum absolute atomic E-state index is 0.00823. The van der Waals surface area contributed by atoms with E-state index in [2.05, 4.69) is 0 Å². The molecule has 1 aromatic carbocycles. The third-order valence-corrected chi connectivity index (χ3v) is 1.93. The monoisotopic (exact) mass is 190 g/mol. The van der Waals surface area contributed by atoms with Gasteiger partial charge in [-0.15, -0.1) is 0 Å². The summed E-state index contributed by atoms with van der Waals surface area (Å²) in [6.45, 7) is 0. The van der Waals surface area contributed by atoms with Crippen LogP contribution in [0.25, 0.3) is 0 Å². The highest BCUT2D eigenvalue weighted by Gasteiger charge is 2.03. The zero-order valence-corrected chi connectivity index (χ0v) is 6.92. The Morgan fingerprint density at radius 1 is 1.42 bits per heavy atom. The molecular formula is C7H7FO3S. The summed E-state index contributed by atoms with van der Waals surface area (Å²) in [4.78, 5) is 0. The predicted molar refractivity (Wildman–Crippen MR) is 42.1 cm³/mol. The van der Waals surface area contributed by atoms with Crippen molar-refractivity contribution < 1.29 is 17.9 Å². The van der Waals surface area contributed by atoms with Crippen LogP contribution >= 0.6 is 0 Å². The summed E-state index contributed by atoms with van der Waals surface area (Å²) in [5, 5.41) is 8.89. The zero-order valence-electron chi connectivity index (χ0n) is 6.03. The van der Waals surface area contributed by atoms with Gasteiger partial charge in [-0.2, -0.15) is 0 Å². The zero-order chi connectivity index (χ0) is 9.14. The first-order chi connectivity index (χ1) is 5.59. The molecule has 0 aliphatic carbocycles. The summed E-state index contributed by atoms with van der Waals surface area (Å²) < 4.78 is 33.2. The first kappa shape index (κ1) is 8.99. The third kappa shape index (κ3) is 2.20. The van der Waals surface area contributed by atoms with Gasteiger partial charge in [0.05, 0.1) is 5.75 Å². The van der Waals surface area contributed by atoms with Crippen LogP contribution in [-0.2, 0) is 16.5 Å². The van der Waals surface area contributed by atoms with Crippen molar-refractivity contribution in [3.05, 3.63) is 29.6 Å². The molecule has 0 spiro atoms. The van der Waals surface area contributed by atoms with Gasteiger partial charge in [0.2, 0.25) is 0 Å². The molecule has 0 bridgehead atoms. The van der Waals surface area contributed by atoms with Crippen molar-refractivity contribution in [2.75, 3.05) is 0 Å². The Morgan fingerprint density at radius 3 is 2.67 bits per heavy atom. The first-order valence-corrected chi connectivity index (χ1v) is 4.55. The molecule has 66 valence electrons. The Bertz CT molecular complexity index is 352. The van der Waals surface area contributed by atoms with E-state index in [9.17, 15) is 12.8 Å². The molecule has 3 nitrogen and oxygen atoms in total. The van der Waals surface area contributed by atoms with E-state index in [1.807, 2.05) is 0 Å². The molecule has 0 heterocycles. The van der Waals surface area contributed by atoms with Crippen LogP contribution in [0.5, 0.6) is 5.75 Å². The molecule has 0 amide bonds. The molecule has 0 aromatic heterocycles. The number of aromatic hydroxyl groups is 1. The van der Waals surface area contributed by atoms with E-state index in [1.165, 1.54) is 0 Å². The van der Waals surface area contributed by atoms with Gasteiger partial charge in [-0.1, -0.05) is 0 Å². The maximum Gasteiger partial charge on any atom is 0.144 e. The van der Waals surface area contributed by atoms with Crippen molar-refractivity contribution in [3.8, 4) is 5.75 Å². The van der Waals surface area contributed by atoms with Crippen LogP contribution in [0.4, 0.5) is 4.39 Å². The largest absolute Gasteiger partial charge is 0.508 e. The second-order valence-electron chi connectivity index (χ2n) is 2.27. The highest BCUT2D eigenvalue weighted by Crippen LogP contribution is 2.15. The van der Waals surface area contributed by atoms with E-state index in [-0.39, 0.29) is 17.1 Å². The van der Waals surface area contributed by atoms with Gasteiger partial charge in [0.25, 0.3) is 0 Å². The summed E-state index contributed by atoms with van der Waals surface area (Å²) in [7, 11) is -2.66. The number of phenolic OH excluding ortho intramolecular Hbond substituents is 1. The number of thiol groups is 1. The van der Waals surface area contributed by atoms with Crippen molar-refractivity contribution in [1.82, 2.24) is 0 Å². The van der Waals surface area contributed by atoms with Crippen LogP contribution in [0.15, 0.2) is 18.2 Å². The topological polar surface area (TPSA) is 54.4 Å². The fourth-order valence-corrected chi connectivity index (χ4v) is 1.34. The first-order valence-electron chi connectivity index (χ1n) is 3.19. The predicted octanol–water partition coefficient (Wildman–Crippen LogP) is 0.643. The minimum Gasteiger partial charge on any atom is -0.508 e. The van der Waals surface area contributed by atoms with E-state index in [4.69, 9.17) is 5.11 Å². The molecule has 1 N–H and O–H groups in total. The van der Waals surface area contributed by atoms with Gasteiger partial charge in [-0.3, -0.25) is 0 Å². The summed E-state index contributed by atoms with van der Waals surface area (Å²) in [5.74, 6) is -1.13. The maximum absolute atomic E-state index is 12.8. The van der Waals surface area contributed by atoms with Crippen LogP contribution in [0.1, 0.15) is 5.56 Å². The number of phenols is 1. The lowest BCUT2D eigenvalue weighted by Crippen LogP contribution is -1.91. The van der Waals surface area contributed by atoms with E-state index in [0.717, 1.165) is 18.2 Å². The van der Waals surface area contributed by atoms with Gasteiger partial charge in [0, 0.05) is 5.56 Å². The van der Waals surface area contributed by atoms with E-state index >= 15 is 0 Å². The SMILES string of the molecule is O=[SH](=O)Cc1cc(O)ccc1F. The van der Waals surface area contributed by atoms with Crippen molar-refractivity contribution in [3.63, 3.8) is 0 Å².